The van der Waals surface area contributed by atoms with Crippen molar-refractivity contribution in [3.63, 3.8) is 0 Å². The Bertz CT molecular complexity index is 938. The molecule has 0 bridgehead atoms. The summed E-state index contributed by atoms with van der Waals surface area (Å²) in [5.41, 5.74) is 1.18. The van der Waals surface area contributed by atoms with Gasteiger partial charge >= 0.3 is 0 Å². The van der Waals surface area contributed by atoms with E-state index in [0.717, 1.165) is 40.8 Å². The second kappa shape index (κ2) is 9.76. The summed E-state index contributed by atoms with van der Waals surface area (Å²) < 4.78 is 5.62. The van der Waals surface area contributed by atoms with Gasteiger partial charge in [0.1, 0.15) is 5.75 Å². The minimum atomic E-state index is -0.467. The highest BCUT2D eigenvalue weighted by molar-refractivity contribution is 8.18. The lowest BCUT2D eigenvalue weighted by molar-refractivity contribution is -0.122. The fraction of sp³-hybridized carbons (Fsp3) is 0.227. The number of hydrogen-bond acceptors (Lipinski definition) is 5. The van der Waals surface area contributed by atoms with Crippen LogP contribution in [0, 0.1) is 0 Å². The van der Waals surface area contributed by atoms with Gasteiger partial charge in [-0.3, -0.25) is 19.3 Å². The molecular weight excluding hydrogens is 410 g/mol. The maximum atomic E-state index is 12.6. The molecule has 2 aromatic rings. The molecule has 0 aliphatic carbocycles. The number of ketones is 1. The molecule has 0 spiro atoms. The molecule has 29 heavy (non-hydrogen) atoms. The molecule has 1 aliphatic heterocycles. The third-order valence-corrected chi connectivity index (χ3v) is 5.45. The number of unbranched alkanes of at least 4 members (excludes halogenated alkanes) is 1. The first-order chi connectivity index (χ1) is 14.0. The lowest BCUT2D eigenvalue weighted by atomic mass is 10.1. The quantitative estimate of drug-likeness (QED) is 0.317. The number of carbonyl (C=O) groups excluding carboxylic acids is 3. The average Bonchev–Trinajstić information content (AvgIpc) is 2.97. The lowest BCUT2D eigenvalue weighted by Crippen LogP contribution is -2.33. The molecule has 150 valence electrons. The number of thioether (sulfide) groups is 1. The largest absolute Gasteiger partial charge is 0.494 e. The van der Waals surface area contributed by atoms with Crippen LogP contribution in [0.3, 0.4) is 0 Å². The highest BCUT2D eigenvalue weighted by Crippen LogP contribution is 2.32. The summed E-state index contributed by atoms with van der Waals surface area (Å²) in [7, 11) is 0. The van der Waals surface area contributed by atoms with Crippen molar-refractivity contribution in [2.24, 2.45) is 0 Å². The van der Waals surface area contributed by atoms with Gasteiger partial charge in [-0.15, -0.1) is 0 Å². The molecule has 5 nitrogen and oxygen atoms in total. The summed E-state index contributed by atoms with van der Waals surface area (Å²) in [4.78, 5) is 38.5. The first kappa shape index (κ1) is 21.1. The van der Waals surface area contributed by atoms with E-state index in [-0.39, 0.29) is 12.3 Å². The zero-order chi connectivity index (χ0) is 20.8. The maximum Gasteiger partial charge on any atom is 0.293 e. The van der Waals surface area contributed by atoms with E-state index < -0.39 is 11.1 Å². The second-order valence-electron chi connectivity index (χ2n) is 6.47. The molecular formula is C22H20ClNO4S. The number of nitrogens with zero attached hydrogens (tertiary/aromatic N) is 1. The molecule has 0 saturated carbocycles. The Balaban J connectivity index is 1.66. The normalized spacial score (nSPS) is 15.2. The van der Waals surface area contributed by atoms with Crippen molar-refractivity contribution < 1.29 is 19.1 Å². The van der Waals surface area contributed by atoms with Gasteiger partial charge in [0.15, 0.2) is 5.78 Å². The molecule has 7 heteroatoms. The number of imide groups is 1. The van der Waals surface area contributed by atoms with E-state index in [2.05, 4.69) is 6.92 Å². The van der Waals surface area contributed by atoms with Gasteiger partial charge in [0.2, 0.25) is 0 Å². The number of amides is 2. The molecule has 1 saturated heterocycles. The summed E-state index contributed by atoms with van der Waals surface area (Å²) in [6.45, 7) is 2.47. The number of rotatable bonds is 8. The zero-order valence-electron chi connectivity index (χ0n) is 15.9. The molecule has 0 N–H and O–H groups in total. The molecule has 2 amide bonds. The van der Waals surface area contributed by atoms with Crippen LogP contribution < -0.4 is 4.74 Å². The number of halogens is 1. The Morgan fingerprint density at radius 3 is 2.45 bits per heavy atom. The average molecular weight is 430 g/mol. The highest BCUT2D eigenvalue weighted by atomic mass is 35.5. The van der Waals surface area contributed by atoms with Crippen molar-refractivity contribution in [3.8, 4) is 5.75 Å². The van der Waals surface area contributed by atoms with Crippen LogP contribution in [-0.4, -0.2) is 35.0 Å². The van der Waals surface area contributed by atoms with E-state index in [4.69, 9.17) is 16.3 Å². The van der Waals surface area contributed by atoms with Crippen LogP contribution in [0.4, 0.5) is 4.79 Å². The molecule has 0 aromatic heterocycles. The molecule has 0 radical (unpaired) electrons. The van der Waals surface area contributed by atoms with Gasteiger partial charge < -0.3 is 4.74 Å². The predicted octanol–water partition coefficient (Wildman–Crippen LogP) is 5.44. The van der Waals surface area contributed by atoms with E-state index in [1.54, 1.807) is 30.3 Å². The zero-order valence-corrected chi connectivity index (χ0v) is 17.5. The standard InChI is InChI=1S/C22H20ClNO4S/c1-2-3-12-28-18-10-4-15(5-11-18)13-20-21(26)24(22(27)29-20)14-19(25)16-6-8-17(23)9-7-16/h4-11,13H,2-3,12,14H2,1H3/b20-13-. The Morgan fingerprint density at radius 2 is 1.79 bits per heavy atom. The van der Waals surface area contributed by atoms with Crippen LogP contribution in [0.1, 0.15) is 35.7 Å². The van der Waals surface area contributed by atoms with Gasteiger partial charge in [-0.25, -0.2) is 0 Å². The summed E-state index contributed by atoms with van der Waals surface area (Å²) in [6, 6.07) is 13.7. The fourth-order valence-corrected chi connectivity index (χ4v) is 3.62. The Labute approximate surface area is 178 Å². The molecule has 0 unspecified atom stereocenters. The molecule has 1 fully saturated rings. The van der Waals surface area contributed by atoms with Crippen LogP contribution in [-0.2, 0) is 4.79 Å². The van der Waals surface area contributed by atoms with Crippen molar-refractivity contribution >= 4 is 46.4 Å². The van der Waals surface area contributed by atoms with Crippen molar-refractivity contribution in [2.75, 3.05) is 13.2 Å². The van der Waals surface area contributed by atoms with E-state index in [9.17, 15) is 14.4 Å². The van der Waals surface area contributed by atoms with E-state index in [0.29, 0.717) is 22.1 Å². The Morgan fingerprint density at radius 1 is 1.10 bits per heavy atom. The minimum absolute atomic E-state index is 0.290. The summed E-state index contributed by atoms with van der Waals surface area (Å²) in [5, 5.41) is 0.0560. The molecule has 1 heterocycles. The number of Topliss-reactive ketones (excluding diaryl/α,β-unsaturated/α-hetero) is 1. The number of ether oxygens (including phenoxy) is 1. The molecule has 1 aliphatic rings. The van der Waals surface area contributed by atoms with Gasteiger partial charge in [-0.1, -0.05) is 37.1 Å². The second-order valence-corrected chi connectivity index (χ2v) is 7.90. The third kappa shape index (κ3) is 5.49. The van der Waals surface area contributed by atoms with Crippen molar-refractivity contribution in [1.82, 2.24) is 4.90 Å². The number of carbonyl (C=O) groups is 3. The molecule has 0 atom stereocenters. The van der Waals surface area contributed by atoms with Crippen molar-refractivity contribution in [3.05, 3.63) is 69.6 Å². The van der Waals surface area contributed by atoms with Gasteiger partial charge in [0.05, 0.1) is 18.1 Å². The topological polar surface area (TPSA) is 63.7 Å². The van der Waals surface area contributed by atoms with Crippen LogP contribution in [0.25, 0.3) is 6.08 Å². The smallest absolute Gasteiger partial charge is 0.293 e. The summed E-state index contributed by atoms with van der Waals surface area (Å²) in [6.07, 6.45) is 3.70. The third-order valence-electron chi connectivity index (χ3n) is 4.29. The summed E-state index contributed by atoms with van der Waals surface area (Å²) >= 11 is 6.65. The van der Waals surface area contributed by atoms with Crippen LogP contribution in [0.2, 0.25) is 5.02 Å². The Hall–Kier alpha value is -2.57. The van der Waals surface area contributed by atoms with E-state index in [1.165, 1.54) is 0 Å². The predicted molar refractivity (Wildman–Crippen MR) is 115 cm³/mol. The van der Waals surface area contributed by atoms with Crippen LogP contribution in [0.15, 0.2) is 53.4 Å². The van der Waals surface area contributed by atoms with Crippen molar-refractivity contribution in [2.45, 2.75) is 19.8 Å². The first-order valence-electron chi connectivity index (χ1n) is 9.25. The summed E-state index contributed by atoms with van der Waals surface area (Å²) in [5.74, 6) is -0.0263. The van der Waals surface area contributed by atoms with Gasteiger partial charge in [0, 0.05) is 10.6 Å². The SMILES string of the molecule is CCCCOc1ccc(/C=C2\SC(=O)N(CC(=O)c3ccc(Cl)cc3)C2=O)cc1. The fourth-order valence-electron chi connectivity index (χ4n) is 2.65. The van der Waals surface area contributed by atoms with Gasteiger partial charge in [0.25, 0.3) is 11.1 Å². The van der Waals surface area contributed by atoms with Gasteiger partial charge in [-0.2, -0.15) is 0 Å². The maximum absolute atomic E-state index is 12.6. The first-order valence-corrected chi connectivity index (χ1v) is 10.4. The van der Waals surface area contributed by atoms with Gasteiger partial charge in [-0.05, 0) is 66.2 Å². The number of benzene rings is 2. The monoisotopic (exact) mass is 429 g/mol. The molecule has 3 rings (SSSR count). The van der Waals surface area contributed by atoms with E-state index >= 15 is 0 Å². The van der Waals surface area contributed by atoms with Crippen molar-refractivity contribution in [1.29, 1.82) is 0 Å². The van der Waals surface area contributed by atoms with E-state index in [1.807, 2.05) is 24.3 Å². The van der Waals surface area contributed by atoms with Crippen LogP contribution in [0.5, 0.6) is 5.75 Å². The highest BCUT2D eigenvalue weighted by Gasteiger charge is 2.36. The van der Waals surface area contributed by atoms with Crippen LogP contribution >= 0.6 is 23.4 Å². The lowest BCUT2D eigenvalue weighted by Gasteiger charge is -2.11. The Kier molecular flexibility index (Phi) is 7.12. The number of hydrogen-bond donors (Lipinski definition) is 0. The minimum Gasteiger partial charge on any atom is -0.494 e. The molecule has 2 aromatic carbocycles.